The number of carbonyl (C=O) groups is 3. The van der Waals surface area contributed by atoms with Crippen LogP contribution in [0, 0.1) is 19.7 Å². The van der Waals surface area contributed by atoms with Crippen LogP contribution in [-0.2, 0) is 22.6 Å². The largest absolute Gasteiger partial charge is 0.336 e. The van der Waals surface area contributed by atoms with Crippen molar-refractivity contribution in [2.75, 3.05) is 13.1 Å². The predicted molar refractivity (Wildman–Crippen MR) is 141 cm³/mol. The number of thioether (sulfide) groups is 1. The lowest BCUT2D eigenvalue weighted by molar-refractivity contribution is -0.136. The van der Waals surface area contributed by atoms with Gasteiger partial charge in [0.15, 0.2) is 0 Å². The van der Waals surface area contributed by atoms with Crippen LogP contribution < -0.4 is 0 Å². The van der Waals surface area contributed by atoms with Gasteiger partial charge in [-0.3, -0.25) is 19.3 Å². The fourth-order valence-electron chi connectivity index (χ4n) is 4.69. The van der Waals surface area contributed by atoms with Gasteiger partial charge in [0.2, 0.25) is 5.91 Å². The quantitative estimate of drug-likeness (QED) is 0.384. The number of rotatable bonds is 4. The van der Waals surface area contributed by atoms with Gasteiger partial charge >= 0.3 is 0 Å². The van der Waals surface area contributed by atoms with Gasteiger partial charge in [0, 0.05) is 29.0 Å². The number of carbonyl (C=O) groups excluding carboxylic acids is 3. The van der Waals surface area contributed by atoms with Gasteiger partial charge in [-0.05, 0) is 79.1 Å². The van der Waals surface area contributed by atoms with Crippen LogP contribution in [0.3, 0.4) is 0 Å². The summed E-state index contributed by atoms with van der Waals surface area (Å²) in [5, 5.41) is -0.468. The molecule has 0 bridgehead atoms. The van der Waals surface area contributed by atoms with Gasteiger partial charge in [-0.1, -0.05) is 40.2 Å². The van der Waals surface area contributed by atoms with Gasteiger partial charge < -0.3 is 9.47 Å². The molecule has 0 unspecified atom stereocenters. The lowest BCUT2D eigenvalue weighted by atomic mass is 10.00. The second-order valence-electron chi connectivity index (χ2n) is 8.86. The van der Waals surface area contributed by atoms with Gasteiger partial charge in [0.1, 0.15) is 12.4 Å². The third-order valence-electron chi connectivity index (χ3n) is 6.56. The highest BCUT2D eigenvalue weighted by Gasteiger charge is 2.37. The van der Waals surface area contributed by atoms with Gasteiger partial charge in [0.25, 0.3) is 11.1 Å². The molecular formula is C27H23BrFN3O3S. The lowest BCUT2D eigenvalue weighted by Crippen LogP contribution is -2.44. The number of aryl methyl sites for hydroxylation is 1. The van der Waals surface area contributed by atoms with Crippen molar-refractivity contribution in [2.45, 2.75) is 26.8 Å². The number of halogens is 2. The van der Waals surface area contributed by atoms with Crippen molar-refractivity contribution in [1.29, 1.82) is 0 Å². The average molecular weight is 568 g/mol. The van der Waals surface area contributed by atoms with Crippen LogP contribution in [0.4, 0.5) is 9.18 Å². The summed E-state index contributed by atoms with van der Waals surface area (Å²) in [5.74, 6) is -1.12. The molecule has 1 saturated heterocycles. The Morgan fingerprint density at radius 2 is 1.86 bits per heavy atom. The predicted octanol–water partition coefficient (Wildman–Crippen LogP) is 5.62. The molecule has 0 saturated carbocycles. The summed E-state index contributed by atoms with van der Waals surface area (Å²) in [7, 11) is 0. The summed E-state index contributed by atoms with van der Waals surface area (Å²) < 4.78 is 17.0. The molecule has 1 aromatic heterocycles. The molecular weight excluding hydrogens is 545 g/mol. The van der Waals surface area contributed by atoms with E-state index in [0.717, 1.165) is 40.0 Å². The fraction of sp³-hybridized carbons (Fsp3) is 0.222. The number of hydrogen-bond acceptors (Lipinski definition) is 4. The van der Waals surface area contributed by atoms with E-state index < -0.39 is 11.1 Å². The highest BCUT2D eigenvalue weighted by Crippen LogP contribution is 2.34. The third kappa shape index (κ3) is 4.53. The number of imide groups is 1. The smallest absolute Gasteiger partial charge is 0.294 e. The second kappa shape index (κ2) is 9.71. The van der Waals surface area contributed by atoms with Crippen molar-refractivity contribution in [1.82, 2.24) is 14.4 Å². The normalized spacial score (nSPS) is 16.7. The van der Waals surface area contributed by atoms with Crippen molar-refractivity contribution in [3.8, 4) is 5.69 Å². The minimum Gasteiger partial charge on any atom is -0.336 e. The van der Waals surface area contributed by atoms with Crippen molar-refractivity contribution in [2.24, 2.45) is 0 Å². The molecule has 2 aromatic carbocycles. The van der Waals surface area contributed by atoms with E-state index in [2.05, 4.69) is 22.0 Å². The van der Waals surface area contributed by atoms with E-state index in [1.807, 2.05) is 38.1 Å². The first-order chi connectivity index (χ1) is 17.2. The zero-order valence-corrected chi connectivity index (χ0v) is 22.2. The van der Waals surface area contributed by atoms with Crippen molar-refractivity contribution in [3.63, 3.8) is 0 Å². The first kappa shape index (κ1) is 24.5. The Hall–Kier alpha value is -3.17. The Labute approximate surface area is 220 Å². The molecule has 0 aliphatic carbocycles. The molecule has 3 amide bonds. The van der Waals surface area contributed by atoms with Crippen LogP contribution in [0.1, 0.15) is 28.1 Å². The first-order valence-electron chi connectivity index (χ1n) is 11.5. The number of hydrogen-bond donors (Lipinski definition) is 0. The Balaban J connectivity index is 1.34. The Morgan fingerprint density at radius 3 is 2.61 bits per heavy atom. The maximum Gasteiger partial charge on any atom is 0.294 e. The maximum atomic E-state index is 14.6. The van der Waals surface area contributed by atoms with E-state index in [1.165, 1.54) is 11.6 Å². The van der Waals surface area contributed by atoms with Gasteiger partial charge in [-0.25, -0.2) is 4.39 Å². The average Bonchev–Trinajstić information content (AvgIpc) is 3.28. The molecule has 2 aliphatic heterocycles. The van der Waals surface area contributed by atoms with Crippen LogP contribution in [0.2, 0.25) is 0 Å². The SMILES string of the molecule is Cc1cc(/C=C2\SC(=O)N(CC(=O)N3CCc4ccccc4C3)C2=O)c(C)n1-c1ccc(Br)cc1F. The van der Waals surface area contributed by atoms with E-state index >= 15 is 0 Å². The van der Waals surface area contributed by atoms with Crippen molar-refractivity contribution < 1.29 is 18.8 Å². The maximum absolute atomic E-state index is 14.6. The molecule has 36 heavy (non-hydrogen) atoms. The van der Waals surface area contributed by atoms with Gasteiger partial charge in [0.05, 0.1) is 10.6 Å². The van der Waals surface area contributed by atoms with E-state index in [4.69, 9.17) is 0 Å². The van der Waals surface area contributed by atoms with E-state index in [0.29, 0.717) is 28.8 Å². The van der Waals surface area contributed by atoms with Gasteiger partial charge in [-0.15, -0.1) is 0 Å². The molecule has 0 spiro atoms. The lowest BCUT2D eigenvalue weighted by Gasteiger charge is -2.29. The fourth-order valence-corrected chi connectivity index (χ4v) is 5.85. The minimum atomic E-state index is -0.490. The van der Waals surface area contributed by atoms with E-state index in [1.54, 1.807) is 27.7 Å². The molecule has 0 atom stereocenters. The molecule has 184 valence electrons. The molecule has 3 heterocycles. The zero-order chi connectivity index (χ0) is 25.6. The molecule has 5 rings (SSSR count). The highest BCUT2D eigenvalue weighted by atomic mass is 79.9. The minimum absolute atomic E-state index is 0.244. The summed E-state index contributed by atoms with van der Waals surface area (Å²) in [5.41, 5.74) is 4.94. The highest BCUT2D eigenvalue weighted by molar-refractivity contribution is 9.10. The standard InChI is InChI=1S/C27H23BrFN3O3S/c1-16-11-20(17(2)32(16)23-8-7-21(28)13-22(23)29)12-24-26(34)31(27(35)36-24)15-25(33)30-10-9-18-5-3-4-6-19(18)14-30/h3-8,11-13H,9-10,14-15H2,1-2H3/b24-12-. The van der Waals surface area contributed by atoms with E-state index in [9.17, 15) is 18.8 Å². The van der Waals surface area contributed by atoms with Crippen LogP contribution in [0.15, 0.2) is 57.9 Å². The molecule has 0 N–H and O–H groups in total. The molecule has 3 aromatic rings. The zero-order valence-electron chi connectivity index (χ0n) is 19.8. The Kier molecular flexibility index (Phi) is 6.61. The second-order valence-corrected chi connectivity index (χ2v) is 10.8. The summed E-state index contributed by atoms with van der Waals surface area (Å²) in [4.78, 5) is 41.6. The number of fused-ring (bicyclic) bond motifs is 1. The third-order valence-corrected chi connectivity index (χ3v) is 7.96. The summed E-state index contributed by atoms with van der Waals surface area (Å²) in [6.07, 6.45) is 2.39. The molecule has 2 aliphatic rings. The van der Waals surface area contributed by atoms with Gasteiger partial charge in [-0.2, -0.15) is 0 Å². The summed E-state index contributed by atoms with van der Waals surface area (Å²) >= 11 is 4.09. The van der Waals surface area contributed by atoms with Crippen LogP contribution in [0.25, 0.3) is 11.8 Å². The summed E-state index contributed by atoms with van der Waals surface area (Å²) in [6, 6.07) is 14.7. The monoisotopic (exact) mass is 567 g/mol. The Bertz CT molecular complexity index is 1450. The van der Waals surface area contributed by atoms with Crippen molar-refractivity contribution >= 4 is 50.8 Å². The van der Waals surface area contributed by atoms with Crippen LogP contribution in [0.5, 0.6) is 0 Å². The molecule has 1 fully saturated rings. The Morgan fingerprint density at radius 1 is 1.11 bits per heavy atom. The molecule has 9 heteroatoms. The number of nitrogens with zero attached hydrogens (tertiary/aromatic N) is 3. The topological polar surface area (TPSA) is 62.6 Å². The van der Waals surface area contributed by atoms with E-state index in [-0.39, 0.29) is 23.2 Å². The number of amides is 3. The van der Waals surface area contributed by atoms with Crippen molar-refractivity contribution in [3.05, 3.63) is 91.8 Å². The first-order valence-corrected chi connectivity index (χ1v) is 13.1. The number of aromatic nitrogens is 1. The molecule has 6 nitrogen and oxygen atoms in total. The van der Waals surface area contributed by atoms with Crippen LogP contribution in [-0.4, -0.2) is 44.5 Å². The number of benzene rings is 2. The van der Waals surface area contributed by atoms with Crippen LogP contribution >= 0.6 is 27.7 Å². The molecule has 0 radical (unpaired) electrons. The summed E-state index contributed by atoms with van der Waals surface area (Å²) in [6.45, 7) is 4.43.